The number of hydrogen-bond donors (Lipinski definition) is 1. The molecule has 1 atom stereocenters. The van der Waals surface area contributed by atoms with E-state index in [9.17, 15) is 4.79 Å². The molecule has 2 rings (SSSR count). The van der Waals surface area contributed by atoms with Gasteiger partial charge in [0.2, 0.25) is 5.91 Å². The van der Waals surface area contributed by atoms with Gasteiger partial charge in [-0.15, -0.1) is 0 Å². The van der Waals surface area contributed by atoms with Crippen LogP contribution in [0.5, 0.6) is 5.75 Å². The summed E-state index contributed by atoms with van der Waals surface area (Å²) in [5, 5.41) is 0. The van der Waals surface area contributed by atoms with Gasteiger partial charge in [-0.1, -0.05) is 6.07 Å². The normalized spacial score (nSPS) is 21.5. The van der Waals surface area contributed by atoms with Crippen LogP contribution < -0.4 is 10.5 Å². The molecule has 1 aromatic rings. The Morgan fingerprint density at radius 1 is 1.53 bits per heavy atom. The van der Waals surface area contributed by atoms with E-state index in [2.05, 4.69) is 0 Å². The summed E-state index contributed by atoms with van der Waals surface area (Å²) in [5.41, 5.74) is 6.31. The van der Waals surface area contributed by atoms with Crippen LogP contribution in [0, 0.1) is 0 Å². The predicted octanol–water partition coefficient (Wildman–Crippen LogP) is 1.51. The lowest BCUT2D eigenvalue weighted by molar-refractivity contribution is -0.0643. The molecule has 0 fully saturated rings. The van der Waals surface area contributed by atoms with Crippen molar-refractivity contribution in [1.29, 1.82) is 0 Å². The molecule has 4 nitrogen and oxygen atoms in total. The number of ether oxygens (including phenoxy) is 2. The van der Waals surface area contributed by atoms with E-state index in [1.807, 2.05) is 19.9 Å². The van der Waals surface area contributed by atoms with Gasteiger partial charge in [-0.3, -0.25) is 4.79 Å². The maximum absolute atomic E-state index is 11.4. The van der Waals surface area contributed by atoms with E-state index in [0.29, 0.717) is 12.0 Å². The standard InChI is InChI=1S/C13H17NO3/c1-13(2)11(16-3)7-9-8(12(14)15)5-4-6-10(9)17-13/h4-6,11H,7H2,1-3H3,(H2,14,15). The molecule has 1 aliphatic rings. The molecule has 4 heteroatoms. The van der Waals surface area contributed by atoms with Gasteiger partial charge in [0, 0.05) is 24.7 Å². The third-order valence-electron chi connectivity index (χ3n) is 3.22. The van der Waals surface area contributed by atoms with Crippen molar-refractivity contribution >= 4 is 5.91 Å². The predicted molar refractivity (Wildman–Crippen MR) is 64.2 cm³/mol. The van der Waals surface area contributed by atoms with E-state index in [4.69, 9.17) is 15.2 Å². The molecule has 1 amide bonds. The van der Waals surface area contributed by atoms with Gasteiger partial charge in [-0.2, -0.15) is 0 Å². The largest absolute Gasteiger partial charge is 0.485 e. The number of primary amides is 1. The minimum absolute atomic E-state index is 0.0875. The van der Waals surface area contributed by atoms with Crippen molar-refractivity contribution in [3.05, 3.63) is 29.3 Å². The van der Waals surface area contributed by atoms with Crippen LogP contribution in [0.15, 0.2) is 18.2 Å². The Labute approximate surface area is 101 Å². The SMILES string of the molecule is COC1Cc2c(cccc2C(N)=O)OC1(C)C. The summed E-state index contributed by atoms with van der Waals surface area (Å²) in [6.07, 6.45) is 0.549. The lowest BCUT2D eigenvalue weighted by Gasteiger charge is -2.39. The number of hydrogen-bond acceptors (Lipinski definition) is 3. The van der Waals surface area contributed by atoms with Crippen LogP contribution in [0.25, 0.3) is 0 Å². The van der Waals surface area contributed by atoms with Gasteiger partial charge >= 0.3 is 0 Å². The monoisotopic (exact) mass is 235 g/mol. The second-order valence-electron chi connectivity index (χ2n) is 4.78. The van der Waals surface area contributed by atoms with E-state index >= 15 is 0 Å². The Bertz CT molecular complexity index is 454. The highest BCUT2D eigenvalue weighted by Gasteiger charge is 2.38. The Kier molecular flexibility index (Phi) is 2.83. The van der Waals surface area contributed by atoms with Gasteiger partial charge < -0.3 is 15.2 Å². The van der Waals surface area contributed by atoms with E-state index in [-0.39, 0.29) is 6.10 Å². The van der Waals surface area contributed by atoms with Crippen molar-refractivity contribution in [1.82, 2.24) is 0 Å². The maximum atomic E-state index is 11.4. The van der Waals surface area contributed by atoms with Crippen molar-refractivity contribution < 1.29 is 14.3 Å². The Morgan fingerprint density at radius 3 is 2.82 bits per heavy atom. The summed E-state index contributed by atoms with van der Waals surface area (Å²) in [7, 11) is 1.65. The van der Waals surface area contributed by atoms with E-state index in [1.54, 1.807) is 19.2 Å². The molecular weight excluding hydrogens is 218 g/mol. The second kappa shape index (κ2) is 4.04. The molecule has 0 radical (unpaired) electrons. The lowest BCUT2D eigenvalue weighted by atomic mass is 9.88. The molecule has 1 aromatic carbocycles. The molecule has 0 saturated carbocycles. The highest BCUT2D eigenvalue weighted by atomic mass is 16.5. The van der Waals surface area contributed by atoms with Crippen LogP contribution in [0.2, 0.25) is 0 Å². The zero-order valence-electron chi connectivity index (χ0n) is 10.3. The average molecular weight is 235 g/mol. The number of benzene rings is 1. The van der Waals surface area contributed by atoms with Crippen molar-refractivity contribution in [2.45, 2.75) is 32.0 Å². The molecular formula is C13H17NO3. The first kappa shape index (κ1) is 11.9. The lowest BCUT2D eigenvalue weighted by Crippen LogP contribution is -2.47. The summed E-state index contributed by atoms with van der Waals surface area (Å²) < 4.78 is 11.3. The highest BCUT2D eigenvalue weighted by molar-refractivity contribution is 5.95. The van der Waals surface area contributed by atoms with Crippen LogP contribution in [-0.2, 0) is 11.2 Å². The maximum Gasteiger partial charge on any atom is 0.249 e. The smallest absolute Gasteiger partial charge is 0.249 e. The van der Waals surface area contributed by atoms with Gasteiger partial charge in [-0.05, 0) is 26.0 Å². The molecule has 1 aliphatic heterocycles. The molecule has 0 aliphatic carbocycles. The summed E-state index contributed by atoms with van der Waals surface area (Å²) in [6, 6.07) is 5.35. The third-order valence-corrected chi connectivity index (χ3v) is 3.22. The Hall–Kier alpha value is -1.55. The van der Waals surface area contributed by atoms with Crippen LogP contribution in [0.4, 0.5) is 0 Å². The molecule has 0 spiro atoms. The zero-order valence-corrected chi connectivity index (χ0v) is 10.3. The van der Waals surface area contributed by atoms with E-state index in [1.165, 1.54) is 0 Å². The molecule has 0 aromatic heterocycles. The van der Waals surface area contributed by atoms with Crippen LogP contribution >= 0.6 is 0 Å². The topological polar surface area (TPSA) is 61.5 Å². The Morgan fingerprint density at radius 2 is 2.24 bits per heavy atom. The number of nitrogens with two attached hydrogens (primary N) is 1. The summed E-state index contributed by atoms with van der Waals surface area (Å²) >= 11 is 0. The fraction of sp³-hybridized carbons (Fsp3) is 0.462. The number of rotatable bonds is 2. The molecule has 2 N–H and O–H groups in total. The number of carbonyl (C=O) groups is 1. The number of carbonyl (C=O) groups excluding carboxylic acids is 1. The zero-order chi connectivity index (χ0) is 12.6. The third kappa shape index (κ3) is 2.00. The summed E-state index contributed by atoms with van der Waals surface area (Å²) in [4.78, 5) is 11.4. The minimum atomic E-state index is -0.431. The molecule has 92 valence electrons. The first-order chi connectivity index (χ1) is 7.95. The van der Waals surface area contributed by atoms with Gasteiger partial charge in [0.1, 0.15) is 17.5 Å². The van der Waals surface area contributed by atoms with Crippen LogP contribution in [-0.4, -0.2) is 24.7 Å². The van der Waals surface area contributed by atoms with E-state index < -0.39 is 11.5 Å². The molecule has 1 heterocycles. The van der Waals surface area contributed by atoms with Gasteiger partial charge in [-0.25, -0.2) is 0 Å². The first-order valence-corrected chi connectivity index (χ1v) is 5.59. The molecule has 1 unspecified atom stereocenters. The van der Waals surface area contributed by atoms with Crippen molar-refractivity contribution in [3.63, 3.8) is 0 Å². The second-order valence-corrected chi connectivity index (χ2v) is 4.78. The molecule has 17 heavy (non-hydrogen) atoms. The first-order valence-electron chi connectivity index (χ1n) is 5.59. The van der Waals surface area contributed by atoms with Gasteiger partial charge in [0.15, 0.2) is 0 Å². The van der Waals surface area contributed by atoms with Crippen molar-refractivity contribution in [3.8, 4) is 5.75 Å². The fourth-order valence-corrected chi connectivity index (χ4v) is 2.25. The van der Waals surface area contributed by atoms with Crippen molar-refractivity contribution in [2.75, 3.05) is 7.11 Å². The number of fused-ring (bicyclic) bond motifs is 1. The quantitative estimate of drug-likeness (QED) is 0.845. The van der Waals surface area contributed by atoms with Crippen molar-refractivity contribution in [2.24, 2.45) is 5.73 Å². The minimum Gasteiger partial charge on any atom is -0.485 e. The van der Waals surface area contributed by atoms with E-state index in [0.717, 1.165) is 11.3 Å². The fourth-order valence-electron chi connectivity index (χ4n) is 2.25. The van der Waals surface area contributed by atoms with Crippen LogP contribution in [0.1, 0.15) is 29.8 Å². The van der Waals surface area contributed by atoms with Crippen LogP contribution in [0.3, 0.4) is 0 Å². The number of methoxy groups -OCH3 is 1. The summed E-state index contributed by atoms with van der Waals surface area (Å²) in [5.74, 6) is 0.291. The number of amides is 1. The summed E-state index contributed by atoms with van der Waals surface area (Å²) in [6.45, 7) is 3.95. The van der Waals surface area contributed by atoms with Gasteiger partial charge in [0.05, 0.1) is 0 Å². The molecule has 0 saturated heterocycles. The highest BCUT2D eigenvalue weighted by Crippen LogP contribution is 2.36. The Balaban J connectivity index is 2.48. The van der Waals surface area contributed by atoms with Gasteiger partial charge in [0.25, 0.3) is 0 Å². The average Bonchev–Trinajstić information content (AvgIpc) is 2.25. The molecule has 0 bridgehead atoms.